The molecule has 22 heavy (non-hydrogen) atoms. The van der Waals surface area contributed by atoms with Crippen LogP contribution in [0.25, 0.3) is 0 Å². The van der Waals surface area contributed by atoms with Gasteiger partial charge in [0, 0.05) is 22.0 Å². The van der Waals surface area contributed by atoms with E-state index in [1.54, 1.807) is 0 Å². The van der Waals surface area contributed by atoms with Crippen LogP contribution in [0.4, 0.5) is 5.69 Å². The van der Waals surface area contributed by atoms with E-state index in [1.165, 1.54) is 16.0 Å². The fraction of sp³-hybridized carbons (Fsp3) is 0.278. The summed E-state index contributed by atoms with van der Waals surface area (Å²) in [4.78, 5) is 12.9. The lowest BCUT2D eigenvalue weighted by Crippen LogP contribution is -2.29. The van der Waals surface area contributed by atoms with Crippen molar-refractivity contribution < 1.29 is 4.79 Å². The lowest BCUT2D eigenvalue weighted by atomic mass is 9.78. The van der Waals surface area contributed by atoms with Crippen LogP contribution in [0.1, 0.15) is 44.7 Å². The third kappa shape index (κ3) is 1.98. The first-order chi connectivity index (χ1) is 10.6. The van der Waals surface area contributed by atoms with E-state index in [1.807, 2.05) is 29.5 Å². The Kier molecular flexibility index (Phi) is 3.08. The number of allylic oxidation sites excluding steroid dienone is 2. The first kappa shape index (κ1) is 13.6. The van der Waals surface area contributed by atoms with E-state index in [-0.39, 0.29) is 5.91 Å². The van der Waals surface area contributed by atoms with Gasteiger partial charge < -0.3 is 11.1 Å². The third-order valence-corrected chi connectivity index (χ3v) is 5.93. The average Bonchev–Trinajstić information content (AvgIpc) is 3.14. The van der Waals surface area contributed by atoms with Crippen molar-refractivity contribution in [2.45, 2.75) is 25.3 Å². The molecule has 4 heteroatoms. The standard InChI is InChI=1S/C18H18N2OS/c1-10-7-8-22-17(10)16-13-4-2-3-12(13)14-9-11(18(19)21)5-6-15(14)20-16/h2-3,5-9,12-13,16,20H,4H2,1H3,(H2,19,21). The molecule has 0 spiro atoms. The van der Waals surface area contributed by atoms with Gasteiger partial charge in [0.25, 0.3) is 0 Å². The zero-order valence-corrected chi connectivity index (χ0v) is 13.2. The molecule has 0 saturated carbocycles. The van der Waals surface area contributed by atoms with Crippen LogP contribution in [0.5, 0.6) is 0 Å². The number of carbonyl (C=O) groups is 1. The molecule has 0 saturated heterocycles. The molecule has 3 nitrogen and oxygen atoms in total. The van der Waals surface area contributed by atoms with Crippen LogP contribution in [0.2, 0.25) is 0 Å². The van der Waals surface area contributed by atoms with Crippen molar-refractivity contribution in [1.82, 2.24) is 0 Å². The highest BCUT2D eigenvalue weighted by atomic mass is 32.1. The van der Waals surface area contributed by atoms with Crippen LogP contribution < -0.4 is 11.1 Å². The van der Waals surface area contributed by atoms with Crippen LogP contribution in [0.3, 0.4) is 0 Å². The maximum absolute atomic E-state index is 11.5. The molecular weight excluding hydrogens is 292 g/mol. The molecule has 3 atom stereocenters. The quantitative estimate of drug-likeness (QED) is 0.824. The van der Waals surface area contributed by atoms with Gasteiger partial charge in [-0.3, -0.25) is 4.79 Å². The van der Waals surface area contributed by atoms with Crippen molar-refractivity contribution in [3.8, 4) is 0 Å². The predicted molar refractivity (Wildman–Crippen MR) is 90.4 cm³/mol. The van der Waals surface area contributed by atoms with E-state index < -0.39 is 0 Å². The van der Waals surface area contributed by atoms with E-state index in [0.29, 0.717) is 23.4 Å². The van der Waals surface area contributed by atoms with Crippen LogP contribution in [-0.4, -0.2) is 5.91 Å². The molecule has 0 radical (unpaired) electrons. The Morgan fingerprint density at radius 2 is 2.23 bits per heavy atom. The van der Waals surface area contributed by atoms with Gasteiger partial charge in [-0.25, -0.2) is 0 Å². The molecule has 3 N–H and O–H groups in total. The molecule has 2 heterocycles. The van der Waals surface area contributed by atoms with Crippen molar-refractivity contribution in [1.29, 1.82) is 0 Å². The number of fused-ring (bicyclic) bond motifs is 3. The van der Waals surface area contributed by atoms with E-state index in [4.69, 9.17) is 5.73 Å². The highest BCUT2D eigenvalue weighted by Crippen LogP contribution is 2.51. The number of rotatable bonds is 2. The van der Waals surface area contributed by atoms with Crippen molar-refractivity contribution in [3.63, 3.8) is 0 Å². The van der Waals surface area contributed by atoms with Crippen LogP contribution >= 0.6 is 11.3 Å². The van der Waals surface area contributed by atoms with Crippen LogP contribution in [0.15, 0.2) is 41.8 Å². The Morgan fingerprint density at radius 1 is 1.36 bits per heavy atom. The summed E-state index contributed by atoms with van der Waals surface area (Å²) < 4.78 is 0. The maximum atomic E-state index is 11.5. The number of nitrogens with two attached hydrogens (primary N) is 1. The largest absolute Gasteiger partial charge is 0.377 e. The van der Waals surface area contributed by atoms with Crippen molar-refractivity contribution in [2.75, 3.05) is 5.32 Å². The second-order valence-corrected chi connectivity index (χ2v) is 7.06. The predicted octanol–water partition coefficient (Wildman–Crippen LogP) is 3.98. The minimum absolute atomic E-state index is 0.340. The van der Waals surface area contributed by atoms with Gasteiger partial charge in [0.1, 0.15) is 0 Å². The second-order valence-electron chi connectivity index (χ2n) is 6.11. The highest BCUT2D eigenvalue weighted by Gasteiger charge is 2.39. The number of anilines is 1. The van der Waals surface area contributed by atoms with E-state index in [0.717, 1.165) is 12.1 Å². The minimum Gasteiger partial charge on any atom is -0.377 e. The summed E-state index contributed by atoms with van der Waals surface area (Å²) in [5.74, 6) is 0.507. The third-order valence-electron chi connectivity index (χ3n) is 4.83. The molecule has 2 aliphatic rings. The number of aryl methyl sites for hydroxylation is 1. The van der Waals surface area contributed by atoms with Crippen LogP contribution in [-0.2, 0) is 0 Å². The summed E-state index contributed by atoms with van der Waals surface area (Å²) in [6, 6.07) is 8.28. The van der Waals surface area contributed by atoms with E-state index >= 15 is 0 Å². The number of hydrogen-bond acceptors (Lipinski definition) is 3. The van der Waals surface area contributed by atoms with Gasteiger partial charge >= 0.3 is 0 Å². The number of amides is 1. The first-order valence-corrected chi connectivity index (χ1v) is 8.44. The van der Waals surface area contributed by atoms with Gasteiger partial charge in [0.2, 0.25) is 5.91 Å². The van der Waals surface area contributed by atoms with Gasteiger partial charge in [0.05, 0.1) is 6.04 Å². The Morgan fingerprint density at radius 3 is 2.95 bits per heavy atom. The van der Waals surface area contributed by atoms with Crippen LogP contribution in [0, 0.1) is 12.8 Å². The summed E-state index contributed by atoms with van der Waals surface area (Å²) in [7, 11) is 0. The summed E-state index contributed by atoms with van der Waals surface area (Å²) >= 11 is 1.82. The number of hydrogen-bond donors (Lipinski definition) is 2. The molecule has 1 aromatic carbocycles. The van der Waals surface area contributed by atoms with Crippen molar-refractivity contribution >= 4 is 22.9 Å². The monoisotopic (exact) mass is 310 g/mol. The molecule has 0 bridgehead atoms. The Bertz CT molecular complexity index is 777. The van der Waals surface area contributed by atoms with Crippen molar-refractivity contribution in [2.24, 2.45) is 11.7 Å². The Labute approximate surface area is 133 Å². The summed E-state index contributed by atoms with van der Waals surface area (Å²) in [5.41, 5.74) is 9.69. The number of carbonyl (C=O) groups excluding carboxylic acids is 1. The molecule has 1 amide bonds. The summed E-state index contributed by atoms with van der Waals surface area (Å²) in [6.45, 7) is 2.18. The summed E-state index contributed by atoms with van der Waals surface area (Å²) in [6.07, 6.45) is 5.62. The van der Waals surface area contributed by atoms with Gasteiger partial charge in [-0.05, 0) is 60.0 Å². The van der Waals surface area contributed by atoms with Gasteiger partial charge in [-0.2, -0.15) is 0 Å². The minimum atomic E-state index is -0.363. The highest BCUT2D eigenvalue weighted by molar-refractivity contribution is 7.10. The molecule has 2 aromatic rings. The average molecular weight is 310 g/mol. The number of thiophene rings is 1. The SMILES string of the molecule is Cc1ccsc1C1Nc2ccc(C(N)=O)cc2C2C=CCC21. The zero-order chi connectivity index (χ0) is 15.3. The zero-order valence-electron chi connectivity index (χ0n) is 12.4. The second kappa shape index (κ2) is 4.99. The first-order valence-electron chi connectivity index (χ1n) is 7.56. The molecular formula is C18H18N2OS. The van der Waals surface area contributed by atoms with Gasteiger partial charge in [-0.15, -0.1) is 11.3 Å². The fourth-order valence-corrected chi connectivity index (χ4v) is 4.76. The molecule has 0 fully saturated rings. The fourth-order valence-electron chi connectivity index (χ4n) is 3.71. The normalized spacial score (nSPS) is 25.4. The van der Waals surface area contributed by atoms with E-state index in [9.17, 15) is 4.79 Å². The lowest BCUT2D eigenvalue weighted by molar-refractivity contribution is 0.1000. The van der Waals surface area contributed by atoms with Crippen molar-refractivity contribution in [3.05, 3.63) is 63.4 Å². The molecule has 1 aliphatic carbocycles. The van der Waals surface area contributed by atoms with Gasteiger partial charge in [-0.1, -0.05) is 12.2 Å². The Balaban J connectivity index is 1.80. The maximum Gasteiger partial charge on any atom is 0.248 e. The lowest BCUT2D eigenvalue weighted by Gasteiger charge is -2.37. The smallest absolute Gasteiger partial charge is 0.248 e. The molecule has 4 rings (SSSR count). The summed E-state index contributed by atoms with van der Waals surface area (Å²) in [5, 5.41) is 5.86. The number of nitrogens with one attached hydrogen (secondary N) is 1. The Hall–Kier alpha value is -2.07. The van der Waals surface area contributed by atoms with E-state index in [2.05, 4.69) is 35.8 Å². The molecule has 1 aliphatic heterocycles. The molecule has 112 valence electrons. The van der Waals surface area contributed by atoms with Gasteiger partial charge in [0.15, 0.2) is 0 Å². The molecule has 3 unspecified atom stereocenters. The number of primary amides is 1. The topological polar surface area (TPSA) is 55.1 Å². The molecule has 1 aromatic heterocycles. The number of benzene rings is 1.